The first kappa shape index (κ1) is 15.3. The van der Waals surface area contributed by atoms with Gasteiger partial charge in [-0.1, -0.05) is 23.2 Å². The minimum absolute atomic E-state index is 0.152. The Morgan fingerprint density at radius 2 is 2.00 bits per heavy atom. The average Bonchev–Trinajstić information content (AvgIpc) is 2.46. The molecule has 0 saturated carbocycles. The van der Waals surface area contributed by atoms with Crippen LogP contribution in [0.25, 0.3) is 0 Å². The third kappa shape index (κ3) is 3.74. The number of hydrogen-bond acceptors (Lipinski definition) is 5. The van der Waals surface area contributed by atoms with E-state index in [1.165, 1.54) is 19.2 Å². The fourth-order valence-corrected chi connectivity index (χ4v) is 2.31. The van der Waals surface area contributed by atoms with Crippen LogP contribution in [0, 0.1) is 10.1 Å². The van der Waals surface area contributed by atoms with Crippen molar-refractivity contribution in [2.24, 2.45) is 0 Å². The molecule has 0 saturated heterocycles. The highest BCUT2D eigenvalue weighted by molar-refractivity contribution is 6.39. The van der Waals surface area contributed by atoms with Gasteiger partial charge in [0.15, 0.2) is 0 Å². The quantitative estimate of drug-likeness (QED) is 0.665. The van der Waals surface area contributed by atoms with E-state index in [1.54, 1.807) is 12.3 Å². The molecule has 0 aliphatic rings. The van der Waals surface area contributed by atoms with Crippen molar-refractivity contribution >= 4 is 34.6 Å². The first-order valence-corrected chi connectivity index (χ1v) is 6.63. The Bertz CT molecular complexity index is 656. The molecule has 0 aliphatic carbocycles. The Balaban J connectivity index is 2.18. The standard InChI is InChI=1S/C13H11Cl2N3O3/c1-21-12-4-8(2-3-16-12)7-17-13-10(14)5-9(18(19)20)6-11(13)15/h2-6,17H,7H2,1H3. The van der Waals surface area contributed by atoms with Crippen LogP contribution in [0.2, 0.25) is 10.0 Å². The van der Waals surface area contributed by atoms with Crippen LogP contribution in [0.5, 0.6) is 5.88 Å². The largest absolute Gasteiger partial charge is 0.481 e. The topological polar surface area (TPSA) is 77.3 Å². The van der Waals surface area contributed by atoms with E-state index in [4.69, 9.17) is 27.9 Å². The van der Waals surface area contributed by atoms with Crippen molar-refractivity contribution in [2.45, 2.75) is 6.54 Å². The van der Waals surface area contributed by atoms with E-state index in [2.05, 4.69) is 10.3 Å². The van der Waals surface area contributed by atoms with Gasteiger partial charge in [0, 0.05) is 30.9 Å². The number of nitrogens with zero attached hydrogens (tertiary/aromatic N) is 2. The van der Waals surface area contributed by atoms with Crippen LogP contribution in [0.3, 0.4) is 0 Å². The zero-order valence-corrected chi connectivity index (χ0v) is 12.5. The molecule has 21 heavy (non-hydrogen) atoms. The minimum atomic E-state index is -0.546. The molecule has 0 aliphatic heterocycles. The summed E-state index contributed by atoms with van der Waals surface area (Å²) in [6.07, 6.45) is 1.62. The summed E-state index contributed by atoms with van der Waals surface area (Å²) in [6, 6.07) is 6.08. The lowest BCUT2D eigenvalue weighted by Gasteiger charge is -2.11. The summed E-state index contributed by atoms with van der Waals surface area (Å²) in [5.74, 6) is 0.496. The fraction of sp³-hybridized carbons (Fsp3) is 0.154. The van der Waals surface area contributed by atoms with E-state index in [0.717, 1.165) is 5.56 Å². The maximum absolute atomic E-state index is 10.7. The molecule has 0 radical (unpaired) electrons. The Labute approximate surface area is 130 Å². The van der Waals surface area contributed by atoms with Gasteiger partial charge in [-0.25, -0.2) is 4.98 Å². The number of aromatic nitrogens is 1. The van der Waals surface area contributed by atoms with Crippen molar-refractivity contribution in [3.05, 3.63) is 56.2 Å². The Morgan fingerprint density at radius 1 is 1.33 bits per heavy atom. The van der Waals surface area contributed by atoms with Crippen LogP contribution in [0.15, 0.2) is 30.5 Å². The van der Waals surface area contributed by atoms with Crippen LogP contribution in [-0.2, 0) is 6.54 Å². The molecule has 0 fully saturated rings. The van der Waals surface area contributed by atoms with Gasteiger partial charge in [-0.05, 0) is 11.6 Å². The molecular formula is C13H11Cl2N3O3. The number of methoxy groups -OCH3 is 1. The molecule has 2 aromatic rings. The molecule has 0 amide bonds. The van der Waals surface area contributed by atoms with Gasteiger partial charge in [-0.15, -0.1) is 0 Å². The first-order valence-electron chi connectivity index (χ1n) is 5.87. The van der Waals surface area contributed by atoms with E-state index in [-0.39, 0.29) is 15.7 Å². The second kappa shape index (κ2) is 6.60. The first-order chi connectivity index (χ1) is 10.0. The maximum atomic E-state index is 10.7. The zero-order valence-electron chi connectivity index (χ0n) is 11.0. The van der Waals surface area contributed by atoms with Crippen LogP contribution in [0.1, 0.15) is 5.56 Å². The Morgan fingerprint density at radius 3 is 2.57 bits per heavy atom. The van der Waals surface area contributed by atoms with Gasteiger partial charge in [0.1, 0.15) is 0 Å². The van der Waals surface area contributed by atoms with Crippen LogP contribution in [0.4, 0.5) is 11.4 Å². The predicted molar refractivity (Wildman–Crippen MR) is 81.2 cm³/mol. The summed E-state index contributed by atoms with van der Waals surface area (Å²) in [7, 11) is 1.53. The molecule has 1 aromatic heterocycles. The number of hydrogen-bond donors (Lipinski definition) is 1. The number of ether oxygens (including phenoxy) is 1. The number of halogens is 2. The summed E-state index contributed by atoms with van der Waals surface area (Å²) in [5.41, 5.74) is 1.20. The maximum Gasteiger partial charge on any atom is 0.272 e. The summed E-state index contributed by atoms with van der Waals surface area (Å²) >= 11 is 12.0. The van der Waals surface area contributed by atoms with Gasteiger partial charge in [0.2, 0.25) is 5.88 Å². The van der Waals surface area contributed by atoms with E-state index >= 15 is 0 Å². The SMILES string of the molecule is COc1cc(CNc2c(Cl)cc([N+](=O)[O-])cc2Cl)ccn1. The second-order valence-corrected chi connectivity index (χ2v) is 4.92. The number of nitro groups is 1. The Hall–Kier alpha value is -2.05. The monoisotopic (exact) mass is 327 g/mol. The van der Waals surface area contributed by atoms with Crippen LogP contribution < -0.4 is 10.1 Å². The Kier molecular flexibility index (Phi) is 4.82. The predicted octanol–water partition coefficient (Wildman–Crippen LogP) is 3.92. The van der Waals surface area contributed by atoms with Crippen molar-refractivity contribution < 1.29 is 9.66 Å². The number of nitro benzene ring substituents is 1. The van der Waals surface area contributed by atoms with Gasteiger partial charge in [0.25, 0.3) is 5.69 Å². The smallest absolute Gasteiger partial charge is 0.272 e. The molecule has 6 nitrogen and oxygen atoms in total. The number of benzene rings is 1. The zero-order chi connectivity index (χ0) is 15.4. The normalized spacial score (nSPS) is 10.2. The summed E-state index contributed by atoms with van der Waals surface area (Å²) < 4.78 is 5.03. The summed E-state index contributed by atoms with van der Waals surface area (Å²) in [6.45, 7) is 0.427. The molecule has 0 unspecified atom stereocenters. The molecule has 0 spiro atoms. The van der Waals surface area contributed by atoms with E-state index < -0.39 is 4.92 Å². The molecule has 0 bridgehead atoms. The molecule has 110 valence electrons. The molecule has 1 aromatic carbocycles. The lowest BCUT2D eigenvalue weighted by molar-refractivity contribution is -0.384. The van der Waals surface area contributed by atoms with Gasteiger partial charge in [-0.2, -0.15) is 0 Å². The molecule has 8 heteroatoms. The van der Waals surface area contributed by atoms with Crippen molar-refractivity contribution in [3.8, 4) is 5.88 Å². The van der Waals surface area contributed by atoms with E-state index in [1.807, 2.05) is 6.07 Å². The number of nitrogens with one attached hydrogen (secondary N) is 1. The third-order valence-electron chi connectivity index (χ3n) is 2.72. The van der Waals surface area contributed by atoms with Gasteiger partial charge < -0.3 is 10.1 Å². The van der Waals surface area contributed by atoms with Gasteiger partial charge in [-0.3, -0.25) is 10.1 Å². The van der Waals surface area contributed by atoms with Crippen LogP contribution >= 0.6 is 23.2 Å². The van der Waals surface area contributed by atoms with Gasteiger partial charge >= 0.3 is 0 Å². The average molecular weight is 328 g/mol. The fourth-order valence-electron chi connectivity index (χ4n) is 1.70. The highest BCUT2D eigenvalue weighted by atomic mass is 35.5. The van der Waals surface area contributed by atoms with Crippen LogP contribution in [-0.4, -0.2) is 17.0 Å². The number of non-ortho nitro benzene ring substituents is 1. The van der Waals surface area contributed by atoms with Crippen molar-refractivity contribution in [3.63, 3.8) is 0 Å². The third-order valence-corrected chi connectivity index (χ3v) is 3.31. The molecular weight excluding hydrogens is 317 g/mol. The molecule has 1 N–H and O–H groups in total. The number of anilines is 1. The summed E-state index contributed by atoms with van der Waals surface area (Å²) in [4.78, 5) is 14.2. The molecule has 2 rings (SSSR count). The number of pyridine rings is 1. The minimum Gasteiger partial charge on any atom is -0.481 e. The highest BCUT2D eigenvalue weighted by Crippen LogP contribution is 2.34. The van der Waals surface area contributed by atoms with Crippen molar-refractivity contribution in [1.29, 1.82) is 0 Å². The lowest BCUT2D eigenvalue weighted by Crippen LogP contribution is -2.02. The summed E-state index contributed by atoms with van der Waals surface area (Å²) in [5, 5.41) is 14.1. The van der Waals surface area contributed by atoms with Gasteiger partial charge in [0.05, 0.1) is 27.8 Å². The number of rotatable bonds is 5. The molecule has 0 atom stereocenters. The van der Waals surface area contributed by atoms with E-state index in [0.29, 0.717) is 18.1 Å². The lowest BCUT2D eigenvalue weighted by atomic mass is 10.2. The van der Waals surface area contributed by atoms with Crippen molar-refractivity contribution in [1.82, 2.24) is 4.98 Å². The van der Waals surface area contributed by atoms with E-state index in [9.17, 15) is 10.1 Å². The second-order valence-electron chi connectivity index (χ2n) is 4.10. The van der Waals surface area contributed by atoms with Crippen molar-refractivity contribution in [2.75, 3.05) is 12.4 Å². The molecule has 1 heterocycles. The highest BCUT2D eigenvalue weighted by Gasteiger charge is 2.14.